The van der Waals surface area contributed by atoms with Crippen molar-refractivity contribution in [3.8, 4) is 16.9 Å². The summed E-state index contributed by atoms with van der Waals surface area (Å²) in [5.41, 5.74) is 2.87. The Morgan fingerprint density at radius 3 is 2.21 bits per heavy atom. The summed E-state index contributed by atoms with van der Waals surface area (Å²) in [4.78, 5) is 16.0. The molecule has 0 spiro atoms. The number of carbonyl (C=O) groups is 1. The zero-order chi connectivity index (χ0) is 20.7. The van der Waals surface area contributed by atoms with E-state index >= 15 is 0 Å². The molecule has 0 radical (unpaired) electrons. The van der Waals surface area contributed by atoms with Gasteiger partial charge < -0.3 is 15.0 Å². The lowest BCUT2D eigenvalue weighted by atomic mass is 10.0. The van der Waals surface area contributed by atoms with Crippen molar-refractivity contribution in [2.45, 2.75) is 51.9 Å². The first-order valence-electron chi connectivity index (χ1n) is 10.8. The Bertz CT molecular complexity index is 736. The Balaban J connectivity index is 1.78. The molecule has 0 saturated heterocycles. The summed E-state index contributed by atoms with van der Waals surface area (Å²) >= 11 is 0. The van der Waals surface area contributed by atoms with Crippen molar-refractivity contribution in [3.63, 3.8) is 0 Å². The highest BCUT2D eigenvalue weighted by atomic mass is 16.5. The highest BCUT2D eigenvalue weighted by Gasteiger charge is 2.05. The third-order valence-corrected chi connectivity index (χ3v) is 4.84. The molecule has 0 saturated carbocycles. The summed E-state index contributed by atoms with van der Waals surface area (Å²) < 4.78 is 5.85. The molecule has 4 nitrogen and oxygen atoms in total. The maximum atomic E-state index is 12.1. The van der Waals surface area contributed by atoms with Crippen LogP contribution in [-0.4, -0.2) is 32.3 Å². The molecule has 1 amide bonds. The number of benzene rings is 2. The molecule has 0 aliphatic carbocycles. The number of nitrogens with zero attached hydrogens (tertiary/aromatic N) is 1. The van der Waals surface area contributed by atoms with E-state index in [1.54, 1.807) is 13.3 Å². The van der Waals surface area contributed by atoms with Gasteiger partial charge in [0.2, 0.25) is 0 Å². The minimum atomic E-state index is -0.0560. The van der Waals surface area contributed by atoms with Gasteiger partial charge in [-0.15, -0.1) is 0 Å². The molecule has 2 rings (SSSR count). The Kier molecular flexibility index (Phi) is 10.6. The zero-order valence-corrected chi connectivity index (χ0v) is 17.8. The van der Waals surface area contributed by atoms with E-state index in [1.165, 1.54) is 32.1 Å². The number of carbonyl (C=O) groups excluding carboxylic acids is 1. The van der Waals surface area contributed by atoms with E-state index in [0.29, 0.717) is 12.1 Å². The number of unbranched alkanes of at least 4 members (excludes halogenated alkanes) is 5. The van der Waals surface area contributed by atoms with Crippen molar-refractivity contribution in [2.24, 2.45) is 4.99 Å². The van der Waals surface area contributed by atoms with Gasteiger partial charge in [-0.05, 0) is 48.2 Å². The van der Waals surface area contributed by atoms with E-state index < -0.39 is 0 Å². The van der Waals surface area contributed by atoms with Gasteiger partial charge in [-0.25, -0.2) is 0 Å². The second kappa shape index (κ2) is 13.5. The minimum Gasteiger partial charge on any atom is -0.494 e. The standard InChI is InChI=1S/C25H34N2O2/c1-3-4-5-6-7-8-20-29-24-16-14-22(15-17-24)21-10-12-23(13-11-21)25(28)27-19-9-18-26-2/h10-18H,3-9,19-20H2,1-2H3,(H,27,28). The van der Waals surface area contributed by atoms with Crippen molar-refractivity contribution in [1.82, 2.24) is 5.32 Å². The smallest absolute Gasteiger partial charge is 0.251 e. The monoisotopic (exact) mass is 394 g/mol. The van der Waals surface area contributed by atoms with E-state index in [4.69, 9.17) is 4.74 Å². The largest absolute Gasteiger partial charge is 0.494 e. The van der Waals surface area contributed by atoms with Gasteiger partial charge in [-0.3, -0.25) is 4.79 Å². The number of hydrogen-bond acceptors (Lipinski definition) is 3. The Morgan fingerprint density at radius 1 is 0.931 bits per heavy atom. The van der Waals surface area contributed by atoms with Crippen LogP contribution < -0.4 is 10.1 Å². The predicted molar refractivity (Wildman–Crippen MR) is 122 cm³/mol. The van der Waals surface area contributed by atoms with Crippen molar-refractivity contribution in [1.29, 1.82) is 0 Å². The van der Waals surface area contributed by atoms with E-state index in [-0.39, 0.29) is 5.91 Å². The van der Waals surface area contributed by atoms with Gasteiger partial charge in [-0.2, -0.15) is 0 Å². The fourth-order valence-corrected chi connectivity index (χ4v) is 3.11. The number of hydrogen-bond donors (Lipinski definition) is 1. The molecule has 0 atom stereocenters. The molecule has 2 aromatic carbocycles. The third-order valence-electron chi connectivity index (χ3n) is 4.84. The van der Waals surface area contributed by atoms with Crippen LogP contribution in [0.1, 0.15) is 62.2 Å². The van der Waals surface area contributed by atoms with Gasteiger partial charge in [0.05, 0.1) is 6.61 Å². The second-order valence-electron chi connectivity index (χ2n) is 7.20. The fraction of sp³-hybridized carbons (Fsp3) is 0.440. The summed E-state index contributed by atoms with van der Waals surface area (Å²) in [6.07, 6.45) is 10.1. The lowest BCUT2D eigenvalue weighted by molar-refractivity contribution is 0.0955. The van der Waals surface area contributed by atoms with E-state index in [2.05, 4.69) is 29.4 Å². The van der Waals surface area contributed by atoms with Crippen LogP contribution in [0.4, 0.5) is 0 Å². The lowest BCUT2D eigenvalue weighted by Crippen LogP contribution is -2.24. The molecule has 0 heterocycles. The van der Waals surface area contributed by atoms with Crippen molar-refractivity contribution in [2.75, 3.05) is 20.2 Å². The summed E-state index contributed by atoms with van der Waals surface area (Å²) in [7, 11) is 1.73. The van der Waals surface area contributed by atoms with Crippen LogP contribution in [0, 0.1) is 0 Å². The number of ether oxygens (including phenoxy) is 1. The molecule has 0 fully saturated rings. The van der Waals surface area contributed by atoms with Gasteiger partial charge in [0, 0.05) is 25.4 Å². The molecule has 4 heteroatoms. The number of rotatable bonds is 13. The summed E-state index contributed by atoms with van der Waals surface area (Å²) in [6, 6.07) is 15.8. The van der Waals surface area contributed by atoms with E-state index in [1.807, 2.05) is 36.4 Å². The summed E-state index contributed by atoms with van der Waals surface area (Å²) in [6.45, 7) is 3.61. The van der Waals surface area contributed by atoms with E-state index in [0.717, 1.165) is 36.3 Å². The number of aliphatic imine (C=N–C) groups is 1. The average molecular weight is 395 g/mol. The Labute approximate surface area is 175 Å². The number of amides is 1. The van der Waals surface area contributed by atoms with Gasteiger partial charge in [-0.1, -0.05) is 63.3 Å². The van der Waals surface area contributed by atoms with Crippen LogP contribution >= 0.6 is 0 Å². The maximum Gasteiger partial charge on any atom is 0.251 e. The van der Waals surface area contributed by atoms with Crippen LogP contribution in [0.2, 0.25) is 0 Å². The van der Waals surface area contributed by atoms with Crippen LogP contribution in [-0.2, 0) is 0 Å². The topological polar surface area (TPSA) is 50.7 Å². The molecule has 0 bridgehead atoms. The molecule has 156 valence electrons. The van der Waals surface area contributed by atoms with Crippen LogP contribution in [0.3, 0.4) is 0 Å². The SMILES string of the molecule is CCCCCCCCOc1ccc(-c2ccc(C(=O)NCCC=NC)cc2)cc1. The molecule has 1 N–H and O–H groups in total. The minimum absolute atomic E-state index is 0.0560. The lowest BCUT2D eigenvalue weighted by Gasteiger charge is -2.08. The average Bonchev–Trinajstić information content (AvgIpc) is 2.76. The third kappa shape index (κ3) is 8.51. The van der Waals surface area contributed by atoms with Crippen molar-refractivity contribution >= 4 is 12.1 Å². The zero-order valence-electron chi connectivity index (χ0n) is 17.8. The number of nitrogens with one attached hydrogen (secondary N) is 1. The molecule has 0 aromatic heterocycles. The van der Waals surface area contributed by atoms with Crippen molar-refractivity contribution < 1.29 is 9.53 Å². The first-order chi connectivity index (χ1) is 14.2. The molecule has 0 unspecified atom stereocenters. The van der Waals surface area contributed by atoms with Gasteiger partial charge in [0.1, 0.15) is 5.75 Å². The first kappa shape index (κ1) is 22.7. The second-order valence-corrected chi connectivity index (χ2v) is 7.20. The quantitative estimate of drug-likeness (QED) is 0.339. The van der Waals surface area contributed by atoms with Crippen LogP contribution in [0.5, 0.6) is 5.75 Å². The molecular formula is C25H34N2O2. The van der Waals surface area contributed by atoms with Gasteiger partial charge >= 0.3 is 0 Å². The van der Waals surface area contributed by atoms with Crippen LogP contribution in [0.25, 0.3) is 11.1 Å². The summed E-state index contributed by atoms with van der Waals surface area (Å²) in [5, 5.41) is 2.89. The summed E-state index contributed by atoms with van der Waals surface area (Å²) in [5.74, 6) is 0.855. The molecular weight excluding hydrogens is 360 g/mol. The fourth-order valence-electron chi connectivity index (χ4n) is 3.11. The normalized spacial score (nSPS) is 11.0. The highest BCUT2D eigenvalue weighted by molar-refractivity contribution is 5.94. The highest BCUT2D eigenvalue weighted by Crippen LogP contribution is 2.23. The molecule has 0 aliphatic heterocycles. The van der Waals surface area contributed by atoms with Crippen LogP contribution in [0.15, 0.2) is 53.5 Å². The van der Waals surface area contributed by atoms with E-state index in [9.17, 15) is 4.79 Å². The maximum absolute atomic E-state index is 12.1. The molecule has 2 aromatic rings. The Morgan fingerprint density at radius 2 is 1.55 bits per heavy atom. The molecule has 0 aliphatic rings. The predicted octanol–water partition coefficient (Wildman–Crippen LogP) is 5.91. The van der Waals surface area contributed by atoms with Crippen molar-refractivity contribution in [3.05, 3.63) is 54.1 Å². The Hall–Kier alpha value is -2.62. The van der Waals surface area contributed by atoms with Gasteiger partial charge in [0.15, 0.2) is 0 Å². The molecule has 29 heavy (non-hydrogen) atoms. The first-order valence-corrected chi connectivity index (χ1v) is 10.8. The van der Waals surface area contributed by atoms with Gasteiger partial charge in [0.25, 0.3) is 5.91 Å².